The summed E-state index contributed by atoms with van der Waals surface area (Å²) in [6.07, 6.45) is -3.04. The Morgan fingerprint density at radius 1 is 1.00 bits per heavy atom. The molecule has 234 valence electrons. The van der Waals surface area contributed by atoms with Gasteiger partial charge in [0, 0.05) is 30.2 Å². The Morgan fingerprint density at radius 2 is 1.78 bits per heavy atom. The van der Waals surface area contributed by atoms with E-state index in [4.69, 9.17) is 14.7 Å². The normalized spacial score (nSPS) is 13.8. The van der Waals surface area contributed by atoms with Gasteiger partial charge in [-0.25, -0.2) is 36.7 Å². The molecule has 2 aromatic heterocycles. The number of carboxylic acid groups (broad SMARTS) is 1. The third-order valence-electron chi connectivity index (χ3n) is 7.83. The summed E-state index contributed by atoms with van der Waals surface area (Å²) in [5, 5.41) is 18.4. The highest BCUT2D eigenvalue weighted by atomic mass is 19.3. The molecule has 0 radical (unpaired) electrons. The summed E-state index contributed by atoms with van der Waals surface area (Å²) in [7, 11) is 0. The SMILES string of the molecule is N#Cc1ccc(COc2cccc(-c3cc(F)c(Cc4nc5ccc(C(=O)O)cc5n4CC4(C(F)F)COC4)cc3F)n2)c(F)c1. The molecule has 1 aliphatic rings. The Bertz CT molecular complexity index is 2020. The molecule has 3 aromatic carbocycles. The highest BCUT2D eigenvalue weighted by Gasteiger charge is 2.48. The lowest BCUT2D eigenvalue weighted by Gasteiger charge is -2.41. The van der Waals surface area contributed by atoms with Crippen molar-refractivity contribution in [2.75, 3.05) is 13.2 Å². The summed E-state index contributed by atoms with van der Waals surface area (Å²) in [4.78, 5) is 20.3. The maximum Gasteiger partial charge on any atom is 0.335 e. The second kappa shape index (κ2) is 12.2. The van der Waals surface area contributed by atoms with Crippen molar-refractivity contribution in [2.24, 2.45) is 5.41 Å². The van der Waals surface area contributed by atoms with Crippen LogP contribution >= 0.6 is 0 Å². The Labute approximate surface area is 258 Å². The van der Waals surface area contributed by atoms with Crippen molar-refractivity contribution in [1.29, 1.82) is 5.26 Å². The molecule has 0 saturated carbocycles. The lowest BCUT2D eigenvalue weighted by Crippen LogP contribution is -2.51. The minimum absolute atomic E-state index is 0.0209. The Hall–Kier alpha value is -5.35. The van der Waals surface area contributed by atoms with E-state index in [9.17, 15) is 23.1 Å². The second-order valence-electron chi connectivity index (χ2n) is 10.9. The maximum atomic E-state index is 15.5. The Balaban J connectivity index is 1.29. The summed E-state index contributed by atoms with van der Waals surface area (Å²) in [6.45, 7) is -0.945. The number of pyridine rings is 1. The van der Waals surface area contributed by atoms with Crippen molar-refractivity contribution in [3.8, 4) is 23.2 Å². The lowest BCUT2D eigenvalue weighted by atomic mass is 9.86. The van der Waals surface area contributed by atoms with Crippen LogP contribution in [0.15, 0.2) is 66.7 Å². The molecule has 0 amide bonds. The number of hydrogen-bond donors (Lipinski definition) is 1. The number of nitrogens with zero attached hydrogens (tertiary/aromatic N) is 4. The fraction of sp³-hybridized carbons (Fsp3) is 0.212. The Kier molecular flexibility index (Phi) is 8.14. The van der Waals surface area contributed by atoms with E-state index in [1.54, 1.807) is 0 Å². The largest absolute Gasteiger partial charge is 0.478 e. The maximum absolute atomic E-state index is 15.5. The molecule has 6 rings (SSSR count). The standard InChI is InChI=1S/C33H23F5N4O4/c34-23-8-18(13-39)4-5-20(23)14-46-30-3-1-2-26(41-30)22-12-24(35)21(9-25(22)36)11-29-40-27-7-6-19(31(43)44)10-28(27)42(29)15-33(32(37)38)16-45-17-33/h1-10,12,32H,11,14-17H2,(H,43,44). The minimum Gasteiger partial charge on any atom is -0.478 e. The molecular weight excluding hydrogens is 611 g/mol. The number of benzene rings is 3. The summed E-state index contributed by atoms with van der Waals surface area (Å²) < 4.78 is 85.4. The van der Waals surface area contributed by atoms with E-state index >= 15 is 8.78 Å². The third kappa shape index (κ3) is 5.87. The van der Waals surface area contributed by atoms with Crippen molar-refractivity contribution in [1.82, 2.24) is 14.5 Å². The predicted octanol–water partition coefficient (Wildman–Crippen LogP) is 6.54. The zero-order valence-electron chi connectivity index (χ0n) is 23.8. The zero-order chi connectivity index (χ0) is 32.6. The number of halogens is 5. The summed E-state index contributed by atoms with van der Waals surface area (Å²) in [5.41, 5.74) is -0.990. The molecule has 0 aliphatic carbocycles. The fourth-order valence-corrected chi connectivity index (χ4v) is 5.20. The molecule has 8 nitrogen and oxygen atoms in total. The molecule has 13 heteroatoms. The zero-order valence-corrected chi connectivity index (χ0v) is 23.8. The fourth-order valence-electron chi connectivity index (χ4n) is 5.20. The number of carboxylic acids is 1. The quantitative estimate of drug-likeness (QED) is 0.174. The van der Waals surface area contributed by atoms with Gasteiger partial charge in [0.15, 0.2) is 0 Å². The number of rotatable bonds is 10. The molecule has 1 saturated heterocycles. The summed E-state index contributed by atoms with van der Waals surface area (Å²) in [5.74, 6) is -3.34. The first-order valence-corrected chi connectivity index (χ1v) is 13.9. The molecule has 0 bridgehead atoms. The van der Waals surface area contributed by atoms with E-state index in [1.165, 1.54) is 53.1 Å². The number of carbonyl (C=O) groups is 1. The van der Waals surface area contributed by atoms with Crippen LogP contribution in [0.2, 0.25) is 0 Å². The molecule has 0 unspecified atom stereocenters. The lowest BCUT2D eigenvalue weighted by molar-refractivity contribution is -0.192. The van der Waals surface area contributed by atoms with E-state index in [2.05, 4.69) is 9.97 Å². The molecule has 46 heavy (non-hydrogen) atoms. The van der Waals surface area contributed by atoms with Gasteiger partial charge in [-0.3, -0.25) is 0 Å². The first kappa shape index (κ1) is 30.7. The van der Waals surface area contributed by atoms with Gasteiger partial charge in [0.05, 0.1) is 52.6 Å². The monoisotopic (exact) mass is 634 g/mol. The average Bonchev–Trinajstić information content (AvgIpc) is 3.35. The number of nitriles is 1. The number of aromatic carboxylic acids is 1. The van der Waals surface area contributed by atoms with Gasteiger partial charge >= 0.3 is 5.97 Å². The van der Waals surface area contributed by atoms with Crippen molar-refractivity contribution >= 4 is 17.0 Å². The molecule has 3 heterocycles. The first-order chi connectivity index (χ1) is 22.1. The Morgan fingerprint density at radius 3 is 2.46 bits per heavy atom. The van der Waals surface area contributed by atoms with Crippen LogP contribution in [0.4, 0.5) is 22.0 Å². The van der Waals surface area contributed by atoms with E-state index in [1.807, 2.05) is 6.07 Å². The van der Waals surface area contributed by atoms with Gasteiger partial charge in [-0.15, -0.1) is 0 Å². The second-order valence-corrected chi connectivity index (χ2v) is 10.9. The van der Waals surface area contributed by atoms with Crippen molar-refractivity contribution in [2.45, 2.75) is 26.0 Å². The average molecular weight is 635 g/mol. The predicted molar refractivity (Wildman–Crippen MR) is 154 cm³/mol. The van der Waals surface area contributed by atoms with E-state index in [0.29, 0.717) is 5.52 Å². The van der Waals surface area contributed by atoms with Crippen LogP contribution in [-0.2, 0) is 24.3 Å². The number of imidazole rings is 1. The third-order valence-corrected chi connectivity index (χ3v) is 7.83. The molecule has 1 N–H and O–H groups in total. The molecular formula is C33H23F5N4O4. The van der Waals surface area contributed by atoms with Gasteiger partial charge in [0.25, 0.3) is 0 Å². The van der Waals surface area contributed by atoms with Gasteiger partial charge < -0.3 is 19.1 Å². The molecule has 5 aromatic rings. The van der Waals surface area contributed by atoms with Crippen LogP contribution in [0.3, 0.4) is 0 Å². The van der Waals surface area contributed by atoms with E-state index < -0.39 is 35.3 Å². The minimum atomic E-state index is -2.75. The van der Waals surface area contributed by atoms with E-state index in [-0.39, 0.29) is 83.5 Å². The number of fused-ring (bicyclic) bond motifs is 1. The van der Waals surface area contributed by atoms with Crippen LogP contribution in [0.25, 0.3) is 22.3 Å². The van der Waals surface area contributed by atoms with Gasteiger partial charge in [-0.2, -0.15) is 5.26 Å². The molecule has 0 spiro atoms. The smallest absolute Gasteiger partial charge is 0.335 e. The first-order valence-electron chi connectivity index (χ1n) is 13.9. The number of ether oxygens (including phenoxy) is 2. The van der Waals surface area contributed by atoms with Crippen molar-refractivity contribution in [3.63, 3.8) is 0 Å². The topological polar surface area (TPSA) is 110 Å². The van der Waals surface area contributed by atoms with Crippen LogP contribution in [-0.4, -0.2) is 45.3 Å². The van der Waals surface area contributed by atoms with Crippen LogP contribution < -0.4 is 4.74 Å². The van der Waals surface area contributed by atoms with Gasteiger partial charge in [0.2, 0.25) is 12.3 Å². The number of aromatic nitrogens is 3. The highest BCUT2D eigenvalue weighted by Crippen LogP contribution is 2.38. The van der Waals surface area contributed by atoms with Gasteiger partial charge in [0.1, 0.15) is 29.9 Å². The summed E-state index contributed by atoms with van der Waals surface area (Å²) in [6, 6.07) is 16.1. The van der Waals surface area contributed by atoms with Crippen molar-refractivity contribution in [3.05, 3.63) is 112 Å². The van der Waals surface area contributed by atoms with Crippen LogP contribution in [0, 0.1) is 34.2 Å². The van der Waals surface area contributed by atoms with Crippen LogP contribution in [0.1, 0.15) is 32.9 Å². The van der Waals surface area contributed by atoms with Gasteiger partial charge in [-0.05, 0) is 54.1 Å². The number of hydrogen-bond acceptors (Lipinski definition) is 6. The van der Waals surface area contributed by atoms with Crippen molar-refractivity contribution < 1.29 is 41.3 Å². The molecule has 1 aliphatic heterocycles. The summed E-state index contributed by atoms with van der Waals surface area (Å²) >= 11 is 0. The van der Waals surface area contributed by atoms with E-state index in [0.717, 1.165) is 18.2 Å². The number of alkyl halides is 2. The molecule has 1 fully saturated rings. The molecule has 0 atom stereocenters. The highest BCUT2D eigenvalue weighted by molar-refractivity contribution is 5.92. The van der Waals surface area contributed by atoms with Crippen LogP contribution in [0.5, 0.6) is 5.88 Å². The van der Waals surface area contributed by atoms with Gasteiger partial charge in [-0.1, -0.05) is 12.1 Å².